The molecule has 0 atom stereocenters. The lowest BCUT2D eigenvalue weighted by molar-refractivity contribution is 0.601. The summed E-state index contributed by atoms with van der Waals surface area (Å²) in [5, 5.41) is 7.10. The number of H-pyrrole nitrogens is 1. The van der Waals surface area contributed by atoms with Crippen molar-refractivity contribution in [2.75, 3.05) is 31.6 Å². The molecule has 0 fully saturated rings. The molecule has 1 heterocycles. The van der Waals surface area contributed by atoms with Gasteiger partial charge >= 0.3 is 0 Å². The fourth-order valence-electron chi connectivity index (χ4n) is 2.34. The first kappa shape index (κ1) is 18.3. The Morgan fingerprint density at radius 2 is 2.12 bits per heavy atom. The first-order valence-electron chi connectivity index (χ1n) is 7.84. The zero-order valence-corrected chi connectivity index (χ0v) is 14.7. The Morgan fingerprint density at radius 3 is 2.83 bits per heavy atom. The highest BCUT2D eigenvalue weighted by atomic mass is 32.2. The summed E-state index contributed by atoms with van der Waals surface area (Å²) in [7, 11) is -3.02. The molecule has 0 unspecified atom stereocenters. The van der Waals surface area contributed by atoms with Crippen LogP contribution in [0.15, 0.2) is 29.4 Å². The van der Waals surface area contributed by atoms with E-state index in [2.05, 4.69) is 20.6 Å². The maximum atomic E-state index is 13.4. The van der Waals surface area contributed by atoms with E-state index in [4.69, 9.17) is 0 Å². The number of sulfone groups is 1. The lowest BCUT2D eigenvalue weighted by Gasteiger charge is -2.11. The number of aromatic amines is 1. The number of halogens is 1. The smallest absolute Gasteiger partial charge is 0.191 e. The summed E-state index contributed by atoms with van der Waals surface area (Å²) in [4.78, 5) is 7.36. The molecule has 0 spiro atoms. The molecule has 0 aliphatic heterocycles. The largest absolute Gasteiger partial charge is 0.361 e. The molecule has 0 aliphatic rings. The predicted octanol–water partition coefficient (Wildman–Crippen LogP) is 1.45. The minimum absolute atomic E-state index is 0.0191. The lowest BCUT2D eigenvalue weighted by atomic mass is 10.1. The molecule has 0 saturated heterocycles. The summed E-state index contributed by atoms with van der Waals surface area (Å²) >= 11 is 0. The third-order valence-electron chi connectivity index (χ3n) is 3.49. The van der Waals surface area contributed by atoms with E-state index in [-0.39, 0.29) is 18.1 Å². The Morgan fingerprint density at radius 1 is 1.33 bits per heavy atom. The van der Waals surface area contributed by atoms with E-state index in [0.29, 0.717) is 25.5 Å². The second-order valence-corrected chi connectivity index (χ2v) is 7.83. The third-order valence-corrected chi connectivity index (χ3v) is 4.42. The Labute approximate surface area is 141 Å². The summed E-state index contributed by atoms with van der Waals surface area (Å²) in [5.41, 5.74) is 1.92. The zero-order valence-electron chi connectivity index (χ0n) is 13.9. The van der Waals surface area contributed by atoms with Crippen LogP contribution < -0.4 is 10.6 Å². The minimum atomic E-state index is -3.02. The molecule has 0 amide bonds. The summed E-state index contributed by atoms with van der Waals surface area (Å²) in [5.74, 6) is 0.338. The molecule has 0 bridgehead atoms. The van der Waals surface area contributed by atoms with Crippen LogP contribution in [-0.2, 0) is 16.3 Å². The molecule has 1 aromatic heterocycles. The van der Waals surface area contributed by atoms with Crippen LogP contribution in [0.1, 0.15) is 12.5 Å². The number of nitrogens with one attached hydrogen (secondary N) is 3. The van der Waals surface area contributed by atoms with Gasteiger partial charge in [0.1, 0.15) is 15.7 Å². The highest BCUT2D eigenvalue weighted by Crippen LogP contribution is 2.19. The van der Waals surface area contributed by atoms with Gasteiger partial charge in [-0.05, 0) is 37.1 Å². The zero-order chi connectivity index (χ0) is 17.6. The van der Waals surface area contributed by atoms with Crippen LogP contribution in [0.5, 0.6) is 0 Å². The monoisotopic (exact) mass is 354 g/mol. The van der Waals surface area contributed by atoms with Gasteiger partial charge in [0.05, 0.1) is 12.3 Å². The van der Waals surface area contributed by atoms with Crippen LogP contribution in [0.3, 0.4) is 0 Å². The van der Waals surface area contributed by atoms with Gasteiger partial charge in [-0.3, -0.25) is 4.99 Å². The van der Waals surface area contributed by atoms with E-state index in [1.165, 1.54) is 18.4 Å². The van der Waals surface area contributed by atoms with Crippen LogP contribution in [0.4, 0.5) is 4.39 Å². The van der Waals surface area contributed by atoms with Crippen LogP contribution in [0, 0.1) is 5.82 Å². The first-order chi connectivity index (χ1) is 11.4. The number of rotatable bonds is 7. The molecular formula is C16H23FN4O2S. The van der Waals surface area contributed by atoms with Gasteiger partial charge in [0.2, 0.25) is 0 Å². The van der Waals surface area contributed by atoms with Gasteiger partial charge in [-0.15, -0.1) is 0 Å². The molecular weight excluding hydrogens is 331 g/mol. The Bertz CT molecular complexity index is 815. The van der Waals surface area contributed by atoms with Crippen molar-refractivity contribution in [1.29, 1.82) is 0 Å². The number of hydrogen-bond donors (Lipinski definition) is 3. The SMILES string of the molecule is CCNC(=NCCS(C)(=O)=O)NCCc1c[nH]c2ccc(F)cc12. The van der Waals surface area contributed by atoms with E-state index >= 15 is 0 Å². The molecule has 24 heavy (non-hydrogen) atoms. The highest BCUT2D eigenvalue weighted by molar-refractivity contribution is 7.90. The number of hydrogen-bond acceptors (Lipinski definition) is 3. The topological polar surface area (TPSA) is 86.3 Å². The molecule has 0 radical (unpaired) electrons. The van der Waals surface area contributed by atoms with Crippen LogP contribution in [0.25, 0.3) is 10.9 Å². The lowest BCUT2D eigenvalue weighted by Crippen LogP contribution is -2.38. The Balaban J connectivity index is 1.94. The Kier molecular flexibility index (Phi) is 6.19. The minimum Gasteiger partial charge on any atom is -0.361 e. The quantitative estimate of drug-likeness (QED) is 0.519. The van der Waals surface area contributed by atoms with E-state index in [0.717, 1.165) is 16.5 Å². The van der Waals surface area contributed by atoms with Gasteiger partial charge in [-0.2, -0.15) is 0 Å². The molecule has 132 valence electrons. The molecule has 2 rings (SSSR count). The van der Waals surface area contributed by atoms with Crippen LogP contribution in [0.2, 0.25) is 0 Å². The van der Waals surface area contributed by atoms with Gasteiger partial charge in [0.15, 0.2) is 5.96 Å². The van der Waals surface area contributed by atoms with E-state index in [1.54, 1.807) is 6.07 Å². The molecule has 2 aromatic rings. The average molecular weight is 354 g/mol. The summed E-state index contributed by atoms with van der Waals surface area (Å²) < 4.78 is 35.7. The summed E-state index contributed by atoms with van der Waals surface area (Å²) in [6, 6.07) is 4.67. The molecule has 3 N–H and O–H groups in total. The maximum Gasteiger partial charge on any atom is 0.191 e. The molecule has 1 aromatic carbocycles. The average Bonchev–Trinajstić information content (AvgIpc) is 2.88. The van der Waals surface area contributed by atoms with E-state index in [9.17, 15) is 12.8 Å². The van der Waals surface area contributed by atoms with Gasteiger partial charge in [0.25, 0.3) is 0 Å². The summed E-state index contributed by atoms with van der Waals surface area (Å²) in [6.07, 6.45) is 3.76. The molecule has 8 heteroatoms. The number of aromatic nitrogens is 1. The van der Waals surface area contributed by atoms with Crippen molar-refractivity contribution in [3.63, 3.8) is 0 Å². The van der Waals surface area contributed by atoms with E-state index in [1.807, 2.05) is 13.1 Å². The number of fused-ring (bicyclic) bond motifs is 1. The number of benzene rings is 1. The number of nitrogens with zero attached hydrogens (tertiary/aromatic N) is 1. The second-order valence-electron chi connectivity index (χ2n) is 5.57. The van der Waals surface area contributed by atoms with Gasteiger partial charge in [0, 0.05) is 36.4 Å². The number of guanidine groups is 1. The van der Waals surface area contributed by atoms with Crippen molar-refractivity contribution in [2.45, 2.75) is 13.3 Å². The Hall–Kier alpha value is -2.09. The predicted molar refractivity (Wildman–Crippen MR) is 95.7 cm³/mol. The fraction of sp³-hybridized carbons (Fsp3) is 0.438. The molecule has 0 saturated carbocycles. The van der Waals surface area contributed by atoms with Crippen molar-refractivity contribution >= 4 is 26.7 Å². The normalized spacial score (nSPS) is 12.5. The van der Waals surface area contributed by atoms with Crippen LogP contribution in [-0.4, -0.2) is 51.0 Å². The fourth-order valence-corrected chi connectivity index (χ4v) is 2.76. The van der Waals surface area contributed by atoms with Crippen molar-refractivity contribution in [3.05, 3.63) is 35.8 Å². The van der Waals surface area contributed by atoms with Crippen molar-refractivity contribution in [1.82, 2.24) is 15.6 Å². The van der Waals surface area contributed by atoms with Crippen molar-refractivity contribution in [2.24, 2.45) is 4.99 Å². The first-order valence-corrected chi connectivity index (χ1v) is 9.90. The van der Waals surface area contributed by atoms with Gasteiger partial charge in [-0.25, -0.2) is 12.8 Å². The van der Waals surface area contributed by atoms with Gasteiger partial charge in [-0.1, -0.05) is 0 Å². The van der Waals surface area contributed by atoms with Gasteiger partial charge < -0.3 is 15.6 Å². The highest BCUT2D eigenvalue weighted by Gasteiger charge is 2.06. The van der Waals surface area contributed by atoms with Crippen molar-refractivity contribution in [3.8, 4) is 0 Å². The molecule has 0 aliphatic carbocycles. The summed E-state index contributed by atoms with van der Waals surface area (Å²) in [6.45, 7) is 3.44. The van der Waals surface area contributed by atoms with E-state index < -0.39 is 9.84 Å². The third kappa shape index (κ3) is 5.52. The second kappa shape index (κ2) is 8.14. The van der Waals surface area contributed by atoms with Crippen molar-refractivity contribution < 1.29 is 12.8 Å². The maximum absolute atomic E-state index is 13.4. The standard InChI is InChI=1S/C16H23FN4O2S/c1-3-18-16(20-8-9-24(2,22)23)19-7-6-12-11-21-15-5-4-13(17)10-14(12)15/h4-5,10-11,21H,3,6-9H2,1-2H3,(H2,18,19,20). The molecule has 6 nitrogen and oxygen atoms in total. The van der Waals surface area contributed by atoms with Crippen LogP contribution >= 0.6 is 0 Å². The number of aliphatic imine (C=N–C) groups is 1.